The first-order chi connectivity index (χ1) is 8.65. The highest BCUT2D eigenvalue weighted by Gasteiger charge is 2.19. The van der Waals surface area contributed by atoms with Crippen molar-refractivity contribution in [3.05, 3.63) is 12.2 Å². The van der Waals surface area contributed by atoms with Gasteiger partial charge in [0.15, 0.2) is 0 Å². The van der Waals surface area contributed by atoms with Crippen molar-refractivity contribution in [3.8, 4) is 0 Å². The smallest absolute Gasteiger partial charge is 0.229 e. The number of nitrogens with two attached hydrogens (primary N) is 1. The summed E-state index contributed by atoms with van der Waals surface area (Å²) in [5, 5.41) is 9.37. The van der Waals surface area contributed by atoms with Gasteiger partial charge < -0.3 is 11.1 Å². The fraction of sp³-hybridized carbons (Fsp3) is 0.636. The molecule has 1 aromatic heterocycles. The van der Waals surface area contributed by atoms with E-state index in [2.05, 4.69) is 20.5 Å². The van der Waals surface area contributed by atoms with Crippen molar-refractivity contribution in [2.75, 3.05) is 6.54 Å². The van der Waals surface area contributed by atoms with Gasteiger partial charge in [-0.2, -0.15) is 5.10 Å². The van der Waals surface area contributed by atoms with Gasteiger partial charge >= 0.3 is 0 Å². The van der Waals surface area contributed by atoms with Crippen molar-refractivity contribution in [2.24, 2.45) is 11.7 Å². The first kappa shape index (κ1) is 14.6. The van der Waals surface area contributed by atoms with Gasteiger partial charge in [-0.25, -0.2) is 4.98 Å². The number of carbonyl (C=O) groups is 1. The van der Waals surface area contributed by atoms with Crippen molar-refractivity contribution < 1.29 is 4.79 Å². The number of amides is 1. The Labute approximate surface area is 112 Å². The van der Waals surface area contributed by atoms with Gasteiger partial charge in [0.25, 0.3) is 0 Å². The summed E-state index contributed by atoms with van der Waals surface area (Å²) in [6.45, 7) is 2.59. The quantitative estimate of drug-likeness (QED) is 0.473. The summed E-state index contributed by atoms with van der Waals surface area (Å²) in [4.78, 5) is 16.1. The highest BCUT2D eigenvalue weighted by Crippen LogP contribution is 2.07. The molecule has 1 atom stereocenters. The zero-order chi connectivity index (χ0) is 13.4. The number of aromatic amines is 1. The number of hydrogen-bond donors (Lipinski definition) is 3. The fourth-order valence-corrected chi connectivity index (χ4v) is 1.86. The van der Waals surface area contributed by atoms with Gasteiger partial charge in [0.05, 0.1) is 10.9 Å². The predicted molar refractivity (Wildman–Crippen MR) is 72.9 cm³/mol. The molecule has 6 nitrogen and oxygen atoms in total. The third-order valence-electron chi connectivity index (χ3n) is 2.59. The van der Waals surface area contributed by atoms with Crippen LogP contribution in [0.5, 0.6) is 0 Å². The first-order valence-corrected chi connectivity index (χ1v) is 6.47. The Bertz CT molecular complexity index is 379. The van der Waals surface area contributed by atoms with E-state index in [1.54, 1.807) is 0 Å². The molecule has 0 aromatic carbocycles. The Balaban J connectivity index is 2.24. The molecular formula is C11H19N5OS. The minimum atomic E-state index is -0.352. The van der Waals surface area contributed by atoms with Crippen LogP contribution >= 0.6 is 12.2 Å². The molecule has 0 fully saturated rings. The molecule has 1 unspecified atom stereocenters. The summed E-state index contributed by atoms with van der Waals surface area (Å²) in [5.74, 6) is 0.390. The maximum absolute atomic E-state index is 11.8. The van der Waals surface area contributed by atoms with Crippen LogP contribution in [0.25, 0.3) is 0 Å². The number of H-pyrrole nitrogens is 1. The molecule has 7 heteroatoms. The van der Waals surface area contributed by atoms with E-state index in [0.29, 0.717) is 13.0 Å². The lowest BCUT2D eigenvalue weighted by Crippen LogP contribution is -2.38. The van der Waals surface area contributed by atoms with Crippen LogP contribution in [0.3, 0.4) is 0 Å². The third-order valence-corrected chi connectivity index (χ3v) is 2.88. The molecule has 18 heavy (non-hydrogen) atoms. The SMILES string of the molecule is CCCC(C(=O)NCCCc1ncn[nH]1)C(N)=S. The number of rotatable bonds is 8. The maximum atomic E-state index is 11.8. The second-order valence-electron chi connectivity index (χ2n) is 4.07. The van der Waals surface area contributed by atoms with Crippen LogP contribution < -0.4 is 11.1 Å². The van der Waals surface area contributed by atoms with E-state index in [0.717, 1.165) is 25.1 Å². The number of aryl methyl sites for hydroxylation is 1. The first-order valence-electron chi connectivity index (χ1n) is 6.06. The van der Waals surface area contributed by atoms with E-state index in [-0.39, 0.29) is 16.8 Å². The van der Waals surface area contributed by atoms with Crippen molar-refractivity contribution >= 4 is 23.1 Å². The number of nitrogens with one attached hydrogen (secondary N) is 2. The van der Waals surface area contributed by atoms with Crippen LogP contribution in [0.2, 0.25) is 0 Å². The van der Waals surface area contributed by atoms with Gasteiger partial charge in [-0.1, -0.05) is 25.6 Å². The Morgan fingerprint density at radius 1 is 1.67 bits per heavy atom. The molecule has 1 heterocycles. The summed E-state index contributed by atoms with van der Waals surface area (Å²) in [5.41, 5.74) is 5.55. The lowest BCUT2D eigenvalue weighted by molar-refractivity contribution is -0.123. The fourth-order valence-electron chi connectivity index (χ4n) is 1.63. The molecule has 1 aromatic rings. The molecular weight excluding hydrogens is 250 g/mol. The average Bonchev–Trinajstić information content (AvgIpc) is 2.84. The second-order valence-corrected chi connectivity index (χ2v) is 4.54. The van der Waals surface area contributed by atoms with E-state index < -0.39 is 0 Å². The van der Waals surface area contributed by atoms with Crippen LogP contribution in [0.4, 0.5) is 0 Å². The van der Waals surface area contributed by atoms with E-state index in [1.165, 1.54) is 6.33 Å². The summed E-state index contributed by atoms with van der Waals surface area (Å²) in [6, 6.07) is 0. The van der Waals surface area contributed by atoms with E-state index in [1.807, 2.05) is 6.92 Å². The van der Waals surface area contributed by atoms with Gasteiger partial charge in [-0.15, -0.1) is 0 Å². The van der Waals surface area contributed by atoms with Crippen molar-refractivity contribution in [1.29, 1.82) is 0 Å². The number of hydrogen-bond acceptors (Lipinski definition) is 4. The number of carbonyl (C=O) groups excluding carboxylic acids is 1. The van der Waals surface area contributed by atoms with Crippen LogP contribution in [-0.4, -0.2) is 32.6 Å². The molecule has 4 N–H and O–H groups in total. The van der Waals surface area contributed by atoms with Crippen molar-refractivity contribution in [1.82, 2.24) is 20.5 Å². The van der Waals surface area contributed by atoms with E-state index in [4.69, 9.17) is 18.0 Å². The summed E-state index contributed by atoms with van der Waals surface area (Å²) >= 11 is 4.90. The molecule has 100 valence electrons. The minimum absolute atomic E-state index is 0.0816. The highest BCUT2D eigenvalue weighted by molar-refractivity contribution is 7.80. The molecule has 0 aliphatic heterocycles. The number of nitrogens with zero attached hydrogens (tertiary/aromatic N) is 2. The molecule has 0 aliphatic rings. The van der Waals surface area contributed by atoms with Crippen LogP contribution in [0, 0.1) is 5.92 Å². The average molecular weight is 269 g/mol. The zero-order valence-electron chi connectivity index (χ0n) is 10.5. The molecule has 1 rings (SSSR count). The minimum Gasteiger partial charge on any atom is -0.393 e. The van der Waals surface area contributed by atoms with Gasteiger partial charge in [-0.3, -0.25) is 9.89 Å². The normalized spacial score (nSPS) is 12.1. The number of aromatic nitrogens is 3. The molecule has 0 saturated heterocycles. The van der Waals surface area contributed by atoms with Crippen molar-refractivity contribution in [2.45, 2.75) is 32.6 Å². The lowest BCUT2D eigenvalue weighted by Gasteiger charge is -2.14. The molecule has 0 saturated carbocycles. The molecule has 0 radical (unpaired) electrons. The summed E-state index contributed by atoms with van der Waals surface area (Å²) in [7, 11) is 0. The molecule has 0 aliphatic carbocycles. The summed E-state index contributed by atoms with van der Waals surface area (Å²) < 4.78 is 0. The van der Waals surface area contributed by atoms with Gasteiger partial charge in [0.2, 0.25) is 5.91 Å². The van der Waals surface area contributed by atoms with Crippen LogP contribution in [0.1, 0.15) is 32.0 Å². The van der Waals surface area contributed by atoms with E-state index in [9.17, 15) is 4.79 Å². The van der Waals surface area contributed by atoms with E-state index >= 15 is 0 Å². The Hall–Kier alpha value is -1.50. The predicted octanol–water partition coefficient (Wildman–Crippen LogP) is 0.556. The molecule has 1 amide bonds. The van der Waals surface area contributed by atoms with Crippen LogP contribution in [-0.2, 0) is 11.2 Å². The Morgan fingerprint density at radius 3 is 3.00 bits per heavy atom. The second kappa shape index (κ2) is 7.75. The number of thiocarbonyl (C=S) groups is 1. The molecule has 0 bridgehead atoms. The summed E-state index contributed by atoms with van der Waals surface area (Å²) in [6.07, 6.45) is 4.61. The third kappa shape index (κ3) is 4.79. The lowest BCUT2D eigenvalue weighted by atomic mass is 10.0. The van der Waals surface area contributed by atoms with Crippen molar-refractivity contribution in [3.63, 3.8) is 0 Å². The Kier molecular flexibility index (Phi) is 6.27. The van der Waals surface area contributed by atoms with Gasteiger partial charge in [0.1, 0.15) is 12.2 Å². The standard InChI is InChI=1S/C11H19N5OS/c1-2-4-8(10(12)18)11(17)13-6-3-5-9-14-7-15-16-9/h7-8H,2-6H2,1H3,(H2,12,18)(H,13,17)(H,14,15,16). The highest BCUT2D eigenvalue weighted by atomic mass is 32.1. The molecule has 0 spiro atoms. The maximum Gasteiger partial charge on any atom is 0.229 e. The zero-order valence-corrected chi connectivity index (χ0v) is 11.3. The van der Waals surface area contributed by atoms with Crippen LogP contribution in [0.15, 0.2) is 6.33 Å². The Morgan fingerprint density at radius 2 is 2.44 bits per heavy atom. The largest absolute Gasteiger partial charge is 0.393 e. The van der Waals surface area contributed by atoms with Gasteiger partial charge in [0, 0.05) is 13.0 Å². The monoisotopic (exact) mass is 269 g/mol. The van der Waals surface area contributed by atoms with Gasteiger partial charge in [-0.05, 0) is 12.8 Å². The topological polar surface area (TPSA) is 96.7 Å².